The largest absolute Gasteiger partial charge is 0.323 e. The van der Waals surface area contributed by atoms with E-state index < -0.39 is 16.1 Å². The van der Waals surface area contributed by atoms with Crippen molar-refractivity contribution in [2.45, 2.75) is 13.3 Å². The lowest BCUT2D eigenvalue weighted by Crippen LogP contribution is -2.27. The van der Waals surface area contributed by atoms with E-state index in [4.69, 9.17) is 11.6 Å². The molecule has 6 nitrogen and oxygen atoms in total. The minimum atomic E-state index is -3.28. The highest BCUT2D eigenvalue weighted by molar-refractivity contribution is 7.92. The zero-order valence-corrected chi connectivity index (χ0v) is 15.4. The number of amides is 2. The first-order valence-corrected chi connectivity index (χ1v) is 9.91. The predicted octanol–water partition coefficient (Wildman–Crippen LogP) is 3.61. The third kappa shape index (κ3) is 3.88. The molecule has 0 atom stereocenters. The molecular weight excluding hydrogens is 362 g/mol. The lowest BCUT2D eigenvalue weighted by molar-refractivity contribution is 0.262. The summed E-state index contributed by atoms with van der Waals surface area (Å²) in [7, 11) is -3.28. The third-order valence-corrected chi connectivity index (χ3v) is 5.46. The number of rotatable bonds is 3. The molecule has 1 aliphatic heterocycles. The number of aryl methyl sites for hydroxylation is 1. The number of nitrogens with zero attached hydrogens (tertiary/aromatic N) is 1. The summed E-state index contributed by atoms with van der Waals surface area (Å²) in [5.41, 5.74) is 3.67. The summed E-state index contributed by atoms with van der Waals surface area (Å²) in [5.74, 6) is 0. The first kappa shape index (κ1) is 17.6. The van der Waals surface area contributed by atoms with E-state index in [1.54, 1.807) is 30.3 Å². The van der Waals surface area contributed by atoms with Crippen molar-refractivity contribution in [3.63, 3.8) is 0 Å². The Hall–Kier alpha value is -2.25. The standard InChI is InChI=1S/C17H18ClN3O3S/c1-11-3-5-15(14(18)9-11)20-17(22)19-13-4-6-16-12(10-13)7-8-21(16)25(2,23)24/h3-6,9-10H,7-8H2,1-2H3,(H2,19,20,22). The third-order valence-electron chi connectivity index (χ3n) is 3.96. The van der Waals surface area contributed by atoms with Crippen LogP contribution in [-0.2, 0) is 16.4 Å². The Bertz CT molecular complexity index is 944. The normalized spacial score (nSPS) is 13.5. The van der Waals surface area contributed by atoms with E-state index in [-0.39, 0.29) is 0 Å². The van der Waals surface area contributed by atoms with Gasteiger partial charge in [0.05, 0.1) is 22.7 Å². The van der Waals surface area contributed by atoms with Gasteiger partial charge in [0, 0.05) is 12.2 Å². The van der Waals surface area contributed by atoms with E-state index in [1.807, 2.05) is 13.0 Å². The summed E-state index contributed by atoms with van der Waals surface area (Å²) in [4.78, 5) is 12.2. The summed E-state index contributed by atoms with van der Waals surface area (Å²) in [6.07, 6.45) is 1.80. The molecule has 0 aliphatic carbocycles. The zero-order chi connectivity index (χ0) is 18.2. The first-order valence-electron chi connectivity index (χ1n) is 7.69. The Morgan fingerprint density at radius 1 is 1.16 bits per heavy atom. The number of hydrogen-bond acceptors (Lipinski definition) is 3. The van der Waals surface area contributed by atoms with Crippen molar-refractivity contribution >= 4 is 44.7 Å². The van der Waals surface area contributed by atoms with Gasteiger partial charge in [-0.15, -0.1) is 0 Å². The van der Waals surface area contributed by atoms with Gasteiger partial charge in [-0.05, 0) is 54.8 Å². The van der Waals surface area contributed by atoms with Crippen LogP contribution in [0.3, 0.4) is 0 Å². The van der Waals surface area contributed by atoms with Crippen LogP contribution in [0.15, 0.2) is 36.4 Å². The molecule has 2 aromatic carbocycles. The number of anilines is 3. The minimum absolute atomic E-state index is 0.413. The fraction of sp³-hybridized carbons (Fsp3) is 0.235. The number of sulfonamides is 1. The molecule has 0 radical (unpaired) electrons. The van der Waals surface area contributed by atoms with E-state index in [0.717, 1.165) is 11.1 Å². The number of carbonyl (C=O) groups excluding carboxylic acids is 1. The smallest absolute Gasteiger partial charge is 0.308 e. The summed E-state index contributed by atoms with van der Waals surface area (Å²) in [6, 6.07) is 10.1. The molecule has 3 rings (SSSR count). The molecule has 0 fully saturated rings. The van der Waals surface area contributed by atoms with Gasteiger partial charge in [-0.3, -0.25) is 4.31 Å². The van der Waals surface area contributed by atoms with Crippen molar-refractivity contribution < 1.29 is 13.2 Å². The molecule has 0 saturated heterocycles. The number of fused-ring (bicyclic) bond motifs is 1. The van der Waals surface area contributed by atoms with Crippen LogP contribution in [-0.4, -0.2) is 27.2 Å². The van der Waals surface area contributed by atoms with Crippen molar-refractivity contribution in [2.24, 2.45) is 0 Å². The van der Waals surface area contributed by atoms with Crippen LogP contribution in [0.2, 0.25) is 5.02 Å². The van der Waals surface area contributed by atoms with Gasteiger partial charge < -0.3 is 10.6 Å². The number of nitrogens with one attached hydrogen (secondary N) is 2. The summed E-state index contributed by atoms with van der Waals surface area (Å²) < 4.78 is 24.9. The molecule has 0 bridgehead atoms. The van der Waals surface area contributed by atoms with Gasteiger partial charge in [0.2, 0.25) is 10.0 Å². The van der Waals surface area contributed by atoms with Crippen molar-refractivity contribution in [3.05, 3.63) is 52.5 Å². The van der Waals surface area contributed by atoms with Crippen LogP contribution in [0, 0.1) is 6.92 Å². The number of urea groups is 1. The van der Waals surface area contributed by atoms with Crippen molar-refractivity contribution in [2.75, 3.05) is 27.7 Å². The monoisotopic (exact) mass is 379 g/mol. The molecule has 2 N–H and O–H groups in total. The zero-order valence-electron chi connectivity index (χ0n) is 13.8. The highest BCUT2D eigenvalue weighted by atomic mass is 35.5. The number of hydrogen-bond donors (Lipinski definition) is 2. The Balaban J connectivity index is 1.73. The molecule has 0 spiro atoms. The quantitative estimate of drug-likeness (QED) is 0.854. The molecular formula is C17H18ClN3O3S. The van der Waals surface area contributed by atoms with Gasteiger partial charge in [-0.25, -0.2) is 13.2 Å². The fourth-order valence-corrected chi connectivity index (χ4v) is 4.04. The Morgan fingerprint density at radius 2 is 1.92 bits per heavy atom. The van der Waals surface area contributed by atoms with Crippen LogP contribution >= 0.6 is 11.6 Å². The number of halogens is 1. The number of carbonyl (C=O) groups is 1. The van der Waals surface area contributed by atoms with Crippen LogP contribution < -0.4 is 14.9 Å². The second-order valence-corrected chi connectivity index (χ2v) is 8.31. The minimum Gasteiger partial charge on any atom is -0.308 e. The molecule has 0 saturated carbocycles. The van der Waals surface area contributed by atoms with E-state index in [9.17, 15) is 13.2 Å². The van der Waals surface area contributed by atoms with Gasteiger partial charge in [0.1, 0.15) is 0 Å². The summed E-state index contributed by atoms with van der Waals surface area (Å²) in [6.45, 7) is 2.34. The molecule has 1 aliphatic rings. The Kier molecular flexibility index (Phi) is 4.62. The maximum atomic E-state index is 12.2. The first-order chi connectivity index (χ1) is 11.7. The second kappa shape index (κ2) is 6.57. The second-order valence-electron chi connectivity index (χ2n) is 5.99. The van der Waals surface area contributed by atoms with Gasteiger partial charge in [0.15, 0.2) is 0 Å². The molecule has 2 amide bonds. The van der Waals surface area contributed by atoms with Crippen LogP contribution in [0.1, 0.15) is 11.1 Å². The predicted molar refractivity (Wildman–Crippen MR) is 101 cm³/mol. The molecule has 8 heteroatoms. The fourth-order valence-electron chi connectivity index (χ4n) is 2.80. The van der Waals surface area contributed by atoms with Crippen molar-refractivity contribution in [1.29, 1.82) is 0 Å². The van der Waals surface area contributed by atoms with Crippen LogP contribution in [0.4, 0.5) is 21.9 Å². The van der Waals surface area contributed by atoms with Gasteiger partial charge >= 0.3 is 6.03 Å². The topological polar surface area (TPSA) is 78.5 Å². The molecule has 2 aromatic rings. The van der Waals surface area contributed by atoms with Crippen molar-refractivity contribution in [1.82, 2.24) is 0 Å². The molecule has 132 valence electrons. The average Bonchev–Trinajstić information content (AvgIpc) is 2.93. The van der Waals surface area contributed by atoms with E-state index in [1.165, 1.54) is 10.6 Å². The van der Waals surface area contributed by atoms with E-state index >= 15 is 0 Å². The van der Waals surface area contributed by atoms with Gasteiger partial charge in [-0.2, -0.15) is 0 Å². The highest BCUT2D eigenvalue weighted by Crippen LogP contribution is 2.32. The molecule has 1 heterocycles. The maximum Gasteiger partial charge on any atom is 0.323 e. The van der Waals surface area contributed by atoms with E-state index in [2.05, 4.69) is 10.6 Å². The average molecular weight is 380 g/mol. The van der Waals surface area contributed by atoms with Crippen molar-refractivity contribution in [3.8, 4) is 0 Å². The van der Waals surface area contributed by atoms with Gasteiger partial charge in [0.25, 0.3) is 0 Å². The molecule has 25 heavy (non-hydrogen) atoms. The summed E-state index contributed by atoms with van der Waals surface area (Å²) >= 11 is 6.11. The SMILES string of the molecule is Cc1ccc(NC(=O)Nc2ccc3c(c2)CCN3S(C)(=O)=O)c(Cl)c1. The van der Waals surface area contributed by atoms with Crippen LogP contribution in [0.25, 0.3) is 0 Å². The maximum absolute atomic E-state index is 12.2. The van der Waals surface area contributed by atoms with E-state index in [0.29, 0.717) is 35.1 Å². The van der Waals surface area contributed by atoms with Gasteiger partial charge in [-0.1, -0.05) is 17.7 Å². The molecule has 0 unspecified atom stereocenters. The Labute approximate surface area is 151 Å². The lowest BCUT2D eigenvalue weighted by atomic mass is 10.1. The number of benzene rings is 2. The Morgan fingerprint density at radius 3 is 2.60 bits per heavy atom. The lowest BCUT2D eigenvalue weighted by Gasteiger charge is -2.16. The van der Waals surface area contributed by atoms with Crippen LogP contribution in [0.5, 0.6) is 0 Å². The highest BCUT2D eigenvalue weighted by Gasteiger charge is 2.26. The molecule has 0 aromatic heterocycles. The summed E-state index contributed by atoms with van der Waals surface area (Å²) in [5, 5.41) is 5.90.